The summed E-state index contributed by atoms with van der Waals surface area (Å²) in [5, 5.41) is 9.75. The Labute approximate surface area is 83.5 Å². The van der Waals surface area contributed by atoms with Crippen LogP contribution in [-0.4, -0.2) is 11.2 Å². The van der Waals surface area contributed by atoms with E-state index >= 15 is 0 Å². The highest BCUT2D eigenvalue weighted by atomic mass is 16.3. The summed E-state index contributed by atoms with van der Waals surface area (Å²) < 4.78 is 0. The normalized spacial score (nSPS) is 15.9. The van der Waals surface area contributed by atoms with Gasteiger partial charge in [0.2, 0.25) is 0 Å². The molecule has 13 heavy (non-hydrogen) atoms. The molecule has 1 nitrogen and oxygen atoms in total. The highest BCUT2D eigenvalue weighted by Crippen LogP contribution is 2.27. The van der Waals surface area contributed by atoms with Gasteiger partial charge in [-0.05, 0) is 30.1 Å². The number of hydrogen-bond donors (Lipinski definition) is 1. The Balaban J connectivity index is 3.70. The Bertz CT molecular complexity index is 136. The van der Waals surface area contributed by atoms with Crippen LogP contribution in [0.25, 0.3) is 0 Å². The molecule has 0 aliphatic rings. The van der Waals surface area contributed by atoms with Crippen molar-refractivity contribution in [2.45, 2.75) is 66.9 Å². The van der Waals surface area contributed by atoms with Crippen molar-refractivity contribution in [1.29, 1.82) is 0 Å². The molecule has 0 saturated carbocycles. The molecule has 0 aliphatic heterocycles. The van der Waals surface area contributed by atoms with Crippen LogP contribution in [0, 0.1) is 10.8 Å². The molecule has 0 aliphatic carbocycles. The van der Waals surface area contributed by atoms with E-state index in [9.17, 15) is 5.11 Å². The Hall–Kier alpha value is -0.0400. The molecule has 0 fully saturated rings. The molecule has 0 heterocycles. The van der Waals surface area contributed by atoms with Gasteiger partial charge in [0.1, 0.15) is 0 Å². The molecule has 0 bridgehead atoms. The molecule has 0 aromatic carbocycles. The van der Waals surface area contributed by atoms with Gasteiger partial charge in [-0.25, -0.2) is 0 Å². The Kier molecular flexibility index (Phi) is 4.44. The van der Waals surface area contributed by atoms with Gasteiger partial charge in [-0.1, -0.05) is 41.5 Å². The Morgan fingerprint density at radius 1 is 0.923 bits per heavy atom. The first-order valence-electron chi connectivity index (χ1n) is 5.28. The molecule has 0 amide bonds. The molecule has 0 radical (unpaired) electrons. The minimum Gasteiger partial charge on any atom is -0.393 e. The first-order valence-corrected chi connectivity index (χ1v) is 5.28. The van der Waals surface area contributed by atoms with Crippen molar-refractivity contribution >= 4 is 0 Å². The number of hydrogen-bond acceptors (Lipinski definition) is 1. The molecular formula is C12H26O. The van der Waals surface area contributed by atoms with Crippen molar-refractivity contribution < 1.29 is 5.11 Å². The van der Waals surface area contributed by atoms with Gasteiger partial charge in [-0.3, -0.25) is 0 Å². The highest BCUT2D eigenvalue weighted by Gasteiger charge is 2.19. The van der Waals surface area contributed by atoms with E-state index in [0.717, 1.165) is 19.3 Å². The van der Waals surface area contributed by atoms with Gasteiger partial charge in [0, 0.05) is 0 Å². The van der Waals surface area contributed by atoms with E-state index in [2.05, 4.69) is 41.5 Å². The maximum Gasteiger partial charge on any atom is 0.0545 e. The average Bonchev–Trinajstić information content (AvgIpc) is 1.78. The fourth-order valence-corrected chi connectivity index (χ4v) is 1.41. The minimum atomic E-state index is -0.126. The van der Waals surface area contributed by atoms with Crippen molar-refractivity contribution in [3.63, 3.8) is 0 Å². The third-order valence-electron chi connectivity index (χ3n) is 2.08. The summed E-state index contributed by atoms with van der Waals surface area (Å²) in [4.78, 5) is 0. The summed E-state index contributed by atoms with van der Waals surface area (Å²) in [6.07, 6.45) is 2.81. The lowest BCUT2D eigenvalue weighted by Crippen LogP contribution is -2.19. The van der Waals surface area contributed by atoms with E-state index in [1.54, 1.807) is 0 Å². The van der Waals surface area contributed by atoms with Gasteiger partial charge in [-0.2, -0.15) is 0 Å². The van der Waals surface area contributed by atoms with Gasteiger partial charge >= 0.3 is 0 Å². The van der Waals surface area contributed by atoms with Crippen LogP contribution in [0.3, 0.4) is 0 Å². The maximum atomic E-state index is 9.75. The average molecular weight is 186 g/mol. The molecular weight excluding hydrogens is 160 g/mol. The predicted molar refractivity (Wildman–Crippen MR) is 58.8 cm³/mol. The van der Waals surface area contributed by atoms with Gasteiger partial charge in [0.25, 0.3) is 0 Å². The predicted octanol–water partition coefficient (Wildman–Crippen LogP) is 3.61. The van der Waals surface area contributed by atoms with Crippen molar-refractivity contribution in [1.82, 2.24) is 0 Å². The summed E-state index contributed by atoms with van der Waals surface area (Å²) >= 11 is 0. The summed E-state index contributed by atoms with van der Waals surface area (Å²) in [5.41, 5.74) is 0.593. The van der Waals surface area contributed by atoms with Crippen LogP contribution >= 0.6 is 0 Å². The lowest BCUT2D eigenvalue weighted by molar-refractivity contribution is 0.100. The second-order valence-corrected chi connectivity index (χ2v) is 6.52. The van der Waals surface area contributed by atoms with Crippen LogP contribution in [0.2, 0.25) is 0 Å². The van der Waals surface area contributed by atoms with Crippen LogP contribution in [-0.2, 0) is 0 Å². The van der Waals surface area contributed by atoms with Gasteiger partial charge in [0.05, 0.1) is 6.10 Å². The SMILES string of the molecule is CC(C)(C)CC[C@H](O)CC(C)(C)C. The first kappa shape index (κ1) is 13.0. The molecule has 0 unspecified atom stereocenters. The molecule has 0 saturated heterocycles. The smallest absolute Gasteiger partial charge is 0.0545 e. The van der Waals surface area contributed by atoms with E-state index in [-0.39, 0.29) is 11.5 Å². The van der Waals surface area contributed by atoms with Crippen LogP contribution in [0.4, 0.5) is 0 Å². The zero-order valence-electron chi connectivity index (χ0n) is 10.1. The fourth-order valence-electron chi connectivity index (χ4n) is 1.41. The monoisotopic (exact) mass is 186 g/mol. The lowest BCUT2D eigenvalue weighted by Gasteiger charge is -2.25. The first-order chi connectivity index (χ1) is 5.60. The van der Waals surface area contributed by atoms with Crippen LogP contribution in [0.15, 0.2) is 0 Å². The van der Waals surface area contributed by atoms with E-state index in [4.69, 9.17) is 0 Å². The molecule has 0 rings (SSSR count). The Morgan fingerprint density at radius 3 is 1.69 bits per heavy atom. The van der Waals surface area contributed by atoms with E-state index in [0.29, 0.717) is 5.41 Å². The summed E-state index contributed by atoms with van der Waals surface area (Å²) in [7, 11) is 0. The largest absolute Gasteiger partial charge is 0.393 e. The van der Waals surface area contributed by atoms with Gasteiger partial charge in [-0.15, -0.1) is 0 Å². The van der Waals surface area contributed by atoms with E-state index in [1.807, 2.05) is 0 Å². The van der Waals surface area contributed by atoms with E-state index < -0.39 is 0 Å². The van der Waals surface area contributed by atoms with Crippen LogP contribution < -0.4 is 0 Å². The van der Waals surface area contributed by atoms with Crippen molar-refractivity contribution in [3.05, 3.63) is 0 Å². The topological polar surface area (TPSA) is 20.2 Å². The second kappa shape index (κ2) is 4.45. The fraction of sp³-hybridized carbons (Fsp3) is 1.00. The van der Waals surface area contributed by atoms with Crippen molar-refractivity contribution in [2.24, 2.45) is 10.8 Å². The quantitative estimate of drug-likeness (QED) is 0.714. The molecule has 1 N–H and O–H groups in total. The summed E-state index contributed by atoms with van der Waals surface area (Å²) in [5.74, 6) is 0. The molecule has 0 spiro atoms. The lowest BCUT2D eigenvalue weighted by atomic mass is 9.84. The second-order valence-electron chi connectivity index (χ2n) is 6.52. The van der Waals surface area contributed by atoms with E-state index in [1.165, 1.54) is 0 Å². The highest BCUT2D eigenvalue weighted by molar-refractivity contribution is 4.71. The molecule has 0 aromatic rings. The standard InChI is InChI=1S/C12H26O/c1-11(2,3)8-7-10(13)9-12(4,5)6/h10,13H,7-9H2,1-6H3/t10-/m0/s1. The number of rotatable bonds is 3. The molecule has 80 valence electrons. The molecule has 0 aromatic heterocycles. The van der Waals surface area contributed by atoms with Crippen molar-refractivity contribution in [2.75, 3.05) is 0 Å². The third-order valence-corrected chi connectivity index (χ3v) is 2.08. The molecule has 1 heteroatoms. The van der Waals surface area contributed by atoms with Crippen molar-refractivity contribution in [3.8, 4) is 0 Å². The van der Waals surface area contributed by atoms with Crippen LogP contribution in [0.5, 0.6) is 0 Å². The zero-order chi connectivity index (χ0) is 10.7. The Morgan fingerprint density at radius 2 is 1.38 bits per heavy atom. The minimum absolute atomic E-state index is 0.126. The third kappa shape index (κ3) is 9.88. The van der Waals surface area contributed by atoms with Gasteiger partial charge < -0.3 is 5.11 Å². The summed E-state index contributed by atoms with van der Waals surface area (Å²) in [6.45, 7) is 13.2. The zero-order valence-corrected chi connectivity index (χ0v) is 10.1. The van der Waals surface area contributed by atoms with Crippen LogP contribution in [0.1, 0.15) is 60.8 Å². The summed E-state index contributed by atoms with van der Waals surface area (Å²) in [6, 6.07) is 0. The number of aliphatic hydroxyl groups is 1. The number of aliphatic hydroxyl groups excluding tert-OH is 1. The maximum absolute atomic E-state index is 9.75. The molecule has 1 atom stereocenters. The van der Waals surface area contributed by atoms with Gasteiger partial charge in [0.15, 0.2) is 0 Å².